The number of allylic oxidation sites excluding steroid dienone is 1. The third-order valence-electron chi connectivity index (χ3n) is 2.83. The molecule has 0 aromatic heterocycles. The van der Waals surface area contributed by atoms with Crippen LogP contribution in [-0.4, -0.2) is 45.3 Å². The van der Waals surface area contributed by atoms with Gasteiger partial charge in [-0.15, -0.1) is 0 Å². The predicted molar refractivity (Wildman–Crippen MR) is 94.4 cm³/mol. The zero-order chi connectivity index (χ0) is 17.2. The number of carboxylic acid groups (broad SMARTS) is 1. The van der Waals surface area contributed by atoms with Gasteiger partial charge in [-0.3, -0.25) is 4.79 Å². The Hall–Kier alpha value is -0.0825. The molecule has 1 heterocycles. The summed E-state index contributed by atoms with van der Waals surface area (Å²) in [6.07, 6.45) is 2.42. The van der Waals surface area contributed by atoms with Crippen LogP contribution in [0, 0.1) is 0 Å². The lowest BCUT2D eigenvalue weighted by Gasteiger charge is -2.46. The zero-order valence-corrected chi connectivity index (χ0v) is 18.6. The number of aliphatic carboxylic acids is 1. The molecule has 1 aliphatic heterocycles. The van der Waals surface area contributed by atoms with Crippen molar-refractivity contribution in [3.63, 3.8) is 0 Å². The first-order valence-electron chi connectivity index (χ1n) is 7.44. The van der Waals surface area contributed by atoms with Crippen molar-refractivity contribution >= 4 is 40.2 Å². The third-order valence-corrected chi connectivity index (χ3v) is 18.7. The van der Waals surface area contributed by atoms with Crippen molar-refractivity contribution in [3.05, 3.63) is 11.8 Å². The molecule has 6 nitrogen and oxygen atoms in total. The van der Waals surface area contributed by atoms with Crippen molar-refractivity contribution < 1.29 is 26.4 Å². The van der Waals surface area contributed by atoms with Crippen LogP contribution in [0.4, 0.5) is 0 Å². The molecule has 0 radical (unpaired) electrons. The van der Waals surface area contributed by atoms with Crippen molar-refractivity contribution in [3.8, 4) is 0 Å². The standard InChI is InChI=1S/C12H28O6Si4/c1-19(2)15-20(3,4)17-22(7,18-21(5,6)16-19)11-9-8-10-12(13)14/h9,11H,8,10H2,1-7H3,(H,13,14). The summed E-state index contributed by atoms with van der Waals surface area (Å²) in [7, 11) is -9.59. The van der Waals surface area contributed by atoms with Crippen molar-refractivity contribution in [1.82, 2.24) is 0 Å². The number of rotatable bonds is 4. The van der Waals surface area contributed by atoms with Gasteiger partial charge in [0, 0.05) is 6.42 Å². The van der Waals surface area contributed by atoms with Crippen LogP contribution in [-0.2, 0) is 21.3 Å². The average molecular weight is 381 g/mol. The quantitative estimate of drug-likeness (QED) is 0.755. The molecule has 1 saturated heterocycles. The van der Waals surface area contributed by atoms with Gasteiger partial charge in [-0.2, -0.15) is 0 Å². The molecule has 0 aliphatic carbocycles. The van der Waals surface area contributed by atoms with E-state index in [1.54, 1.807) is 0 Å². The largest absolute Gasteiger partial charge is 0.481 e. The highest BCUT2D eigenvalue weighted by Gasteiger charge is 2.51. The highest BCUT2D eigenvalue weighted by molar-refractivity contribution is 6.94. The van der Waals surface area contributed by atoms with E-state index < -0.39 is 40.2 Å². The molecule has 128 valence electrons. The van der Waals surface area contributed by atoms with Crippen LogP contribution in [0.1, 0.15) is 12.8 Å². The molecule has 0 atom stereocenters. The lowest BCUT2D eigenvalue weighted by molar-refractivity contribution is -0.136. The number of hydrogen-bond donors (Lipinski definition) is 1. The fourth-order valence-corrected chi connectivity index (χ4v) is 23.4. The van der Waals surface area contributed by atoms with Crippen LogP contribution >= 0.6 is 0 Å². The van der Waals surface area contributed by atoms with E-state index in [9.17, 15) is 4.79 Å². The molecular formula is C12H28O6Si4. The highest BCUT2D eigenvalue weighted by Crippen LogP contribution is 2.31. The second-order valence-corrected chi connectivity index (χ2v) is 21.0. The van der Waals surface area contributed by atoms with Crippen LogP contribution in [0.3, 0.4) is 0 Å². The van der Waals surface area contributed by atoms with E-state index in [4.69, 9.17) is 21.6 Å². The Morgan fingerprint density at radius 3 is 1.68 bits per heavy atom. The maximum Gasteiger partial charge on any atom is 0.343 e. The van der Waals surface area contributed by atoms with E-state index in [2.05, 4.69) is 0 Å². The molecule has 0 aromatic rings. The lowest BCUT2D eigenvalue weighted by atomic mass is 10.3. The van der Waals surface area contributed by atoms with E-state index in [-0.39, 0.29) is 6.42 Å². The second-order valence-electron chi connectivity index (χ2n) is 6.96. The zero-order valence-electron chi connectivity index (χ0n) is 14.6. The Balaban J connectivity index is 2.94. The smallest absolute Gasteiger partial charge is 0.343 e. The summed E-state index contributed by atoms with van der Waals surface area (Å²) < 4.78 is 25.1. The average Bonchev–Trinajstić information content (AvgIpc) is 2.16. The molecule has 0 aromatic carbocycles. The van der Waals surface area contributed by atoms with Crippen molar-refractivity contribution in [2.75, 3.05) is 0 Å². The molecule has 0 spiro atoms. The summed E-state index contributed by atoms with van der Waals surface area (Å²) in [4.78, 5) is 10.6. The van der Waals surface area contributed by atoms with E-state index in [0.29, 0.717) is 6.42 Å². The summed E-state index contributed by atoms with van der Waals surface area (Å²) in [5.74, 6) is -0.806. The molecule has 0 saturated carbocycles. The molecule has 1 fully saturated rings. The van der Waals surface area contributed by atoms with Crippen molar-refractivity contribution in [1.29, 1.82) is 0 Å². The van der Waals surface area contributed by atoms with Gasteiger partial charge in [0.15, 0.2) is 0 Å². The molecule has 22 heavy (non-hydrogen) atoms. The van der Waals surface area contributed by atoms with Crippen LogP contribution in [0.25, 0.3) is 0 Å². The van der Waals surface area contributed by atoms with E-state index >= 15 is 0 Å². The van der Waals surface area contributed by atoms with E-state index in [1.165, 1.54) is 0 Å². The topological polar surface area (TPSA) is 74.2 Å². The second kappa shape index (κ2) is 6.81. The van der Waals surface area contributed by atoms with Gasteiger partial charge in [-0.1, -0.05) is 6.08 Å². The summed E-state index contributed by atoms with van der Waals surface area (Å²) in [5.41, 5.74) is 1.92. The maximum absolute atomic E-state index is 10.6. The van der Waals surface area contributed by atoms with E-state index in [0.717, 1.165) is 0 Å². The van der Waals surface area contributed by atoms with Crippen LogP contribution in [0.15, 0.2) is 11.8 Å². The molecule has 1 N–H and O–H groups in total. The van der Waals surface area contributed by atoms with Gasteiger partial charge in [0.25, 0.3) is 0 Å². The van der Waals surface area contributed by atoms with Gasteiger partial charge >= 0.3 is 40.2 Å². The minimum Gasteiger partial charge on any atom is -0.481 e. The number of carboxylic acids is 1. The van der Waals surface area contributed by atoms with Crippen molar-refractivity contribution in [2.45, 2.75) is 58.7 Å². The van der Waals surface area contributed by atoms with Gasteiger partial charge in [-0.05, 0) is 57.9 Å². The maximum atomic E-state index is 10.6. The molecule has 10 heteroatoms. The molecule has 1 rings (SSSR count). The first-order chi connectivity index (χ1) is 9.74. The first kappa shape index (κ1) is 20.0. The van der Waals surface area contributed by atoms with Crippen LogP contribution in [0.5, 0.6) is 0 Å². The molecule has 0 bridgehead atoms. The Bertz CT molecular complexity index is 427. The Morgan fingerprint density at radius 2 is 1.27 bits per heavy atom. The minimum absolute atomic E-state index is 0.107. The summed E-state index contributed by atoms with van der Waals surface area (Å²) in [5, 5.41) is 8.71. The van der Waals surface area contributed by atoms with E-state index in [1.807, 2.05) is 57.6 Å². The van der Waals surface area contributed by atoms with Gasteiger partial charge < -0.3 is 21.6 Å². The summed E-state index contributed by atoms with van der Waals surface area (Å²) >= 11 is 0. The molecule has 0 unspecified atom stereocenters. The number of carbonyl (C=O) groups is 1. The third kappa shape index (κ3) is 7.00. The van der Waals surface area contributed by atoms with Gasteiger partial charge in [0.1, 0.15) is 0 Å². The fraction of sp³-hybridized carbons (Fsp3) is 0.750. The summed E-state index contributed by atoms with van der Waals surface area (Å²) in [6, 6.07) is 0. The molecule has 0 amide bonds. The van der Waals surface area contributed by atoms with Gasteiger partial charge in [0.05, 0.1) is 0 Å². The normalized spacial score (nSPS) is 26.3. The fourth-order valence-electron chi connectivity index (χ4n) is 2.82. The Kier molecular flexibility index (Phi) is 6.18. The lowest BCUT2D eigenvalue weighted by Crippen LogP contribution is -2.64. The predicted octanol–water partition coefficient (Wildman–Crippen LogP) is 3.20. The molecule has 1 aliphatic rings. The number of hydrogen-bond acceptors (Lipinski definition) is 5. The Labute approximate surface area is 137 Å². The first-order valence-corrected chi connectivity index (χ1v) is 18.3. The Morgan fingerprint density at radius 1 is 0.864 bits per heavy atom. The van der Waals surface area contributed by atoms with Crippen LogP contribution in [0.2, 0.25) is 45.8 Å². The molecular weight excluding hydrogens is 352 g/mol. The van der Waals surface area contributed by atoms with Crippen LogP contribution < -0.4 is 0 Å². The van der Waals surface area contributed by atoms with Crippen molar-refractivity contribution in [2.24, 2.45) is 0 Å². The van der Waals surface area contributed by atoms with Gasteiger partial charge in [0.2, 0.25) is 0 Å². The highest BCUT2D eigenvalue weighted by atomic mass is 28.5. The van der Waals surface area contributed by atoms with Gasteiger partial charge in [-0.25, -0.2) is 0 Å². The SMILES string of the molecule is C[Si]1(C)O[Si](C)(C)O[Si](C)(C=CCCC(=O)O)O[Si](C)(C)O1. The summed E-state index contributed by atoms with van der Waals surface area (Å²) in [6.45, 7) is 14.0. The minimum atomic E-state index is -2.60. The monoisotopic (exact) mass is 380 g/mol.